The van der Waals surface area contributed by atoms with Crippen LogP contribution >= 0.6 is 0 Å². The van der Waals surface area contributed by atoms with Gasteiger partial charge in [-0.2, -0.15) is 0 Å². The molecule has 1 aromatic heterocycles. The van der Waals surface area contributed by atoms with Crippen LogP contribution in [-0.2, 0) is 16.2 Å². The Hall–Kier alpha value is -4.13. The SMILES string of the molecule is COc1ccc(NC(=O)C2CCN(C(=O)C=Cc3ccccc3)CC2)cc1OCc1ccncc1. The number of amides is 2. The fourth-order valence-corrected chi connectivity index (χ4v) is 3.95. The Kier molecular flexibility index (Phi) is 8.12. The van der Waals surface area contributed by atoms with E-state index in [2.05, 4.69) is 10.3 Å². The van der Waals surface area contributed by atoms with Crippen LogP contribution in [0.3, 0.4) is 0 Å². The largest absolute Gasteiger partial charge is 0.493 e. The highest BCUT2D eigenvalue weighted by Gasteiger charge is 2.26. The van der Waals surface area contributed by atoms with Crippen molar-refractivity contribution in [2.45, 2.75) is 19.4 Å². The van der Waals surface area contributed by atoms with Crippen LogP contribution in [0.4, 0.5) is 5.69 Å². The number of carbonyl (C=O) groups excluding carboxylic acids is 2. The molecule has 2 aromatic carbocycles. The quantitative estimate of drug-likeness (QED) is 0.487. The van der Waals surface area contributed by atoms with Crippen LogP contribution in [0.2, 0.25) is 0 Å². The lowest BCUT2D eigenvalue weighted by Crippen LogP contribution is -2.40. The minimum atomic E-state index is -0.152. The summed E-state index contributed by atoms with van der Waals surface area (Å²) < 4.78 is 11.3. The molecule has 0 bridgehead atoms. The zero-order valence-corrected chi connectivity index (χ0v) is 19.7. The molecule has 7 nitrogen and oxygen atoms in total. The number of likely N-dealkylation sites (tertiary alicyclic amines) is 1. The van der Waals surface area contributed by atoms with Crippen molar-refractivity contribution in [3.63, 3.8) is 0 Å². The summed E-state index contributed by atoms with van der Waals surface area (Å²) in [6.07, 6.45) is 8.09. The fraction of sp³-hybridized carbons (Fsp3) is 0.250. The number of carbonyl (C=O) groups is 2. The van der Waals surface area contributed by atoms with E-state index in [4.69, 9.17) is 9.47 Å². The predicted octanol–water partition coefficient (Wildman–Crippen LogP) is 4.56. The number of rotatable bonds is 8. The van der Waals surface area contributed by atoms with Gasteiger partial charge >= 0.3 is 0 Å². The van der Waals surface area contributed by atoms with Crippen LogP contribution in [-0.4, -0.2) is 41.9 Å². The van der Waals surface area contributed by atoms with Gasteiger partial charge in [-0.05, 0) is 54.3 Å². The Morgan fingerprint density at radius 2 is 1.77 bits per heavy atom. The number of ether oxygens (including phenoxy) is 2. The molecule has 2 heterocycles. The molecule has 0 spiro atoms. The third kappa shape index (κ3) is 6.69. The minimum absolute atomic E-state index is 0.0288. The van der Waals surface area contributed by atoms with Crippen LogP contribution in [0.15, 0.2) is 79.1 Å². The normalized spacial score (nSPS) is 14.0. The topological polar surface area (TPSA) is 80.8 Å². The van der Waals surface area contributed by atoms with Gasteiger partial charge < -0.3 is 19.7 Å². The van der Waals surface area contributed by atoms with Gasteiger partial charge in [0.25, 0.3) is 0 Å². The number of pyridine rings is 1. The average molecular weight is 472 g/mol. The Labute approximate surface area is 205 Å². The number of benzene rings is 2. The van der Waals surface area contributed by atoms with Crippen LogP contribution in [0.1, 0.15) is 24.0 Å². The molecule has 0 atom stereocenters. The molecule has 2 amide bonds. The molecular formula is C28H29N3O4. The smallest absolute Gasteiger partial charge is 0.246 e. The highest BCUT2D eigenvalue weighted by molar-refractivity contribution is 5.94. The van der Waals surface area contributed by atoms with E-state index in [1.165, 1.54) is 0 Å². The van der Waals surface area contributed by atoms with E-state index in [-0.39, 0.29) is 17.7 Å². The molecule has 1 N–H and O–H groups in total. The second kappa shape index (κ2) is 11.8. The third-order valence-electron chi connectivity index (χ3n) is 5.97. The lowest BCUT2D eigenvalue weighted by atomic mass is 9.95. The Morgan fingerprint density at radius 1 is 1.03 bits per heavy atom. The summed E-state index contributed by atoms with van der Waals surface area (Å²) >= 11 is 0. The number of aromatic nitrogens is 1. The Balaban J connectivity index is 1.30. The summed E-state index contributed by atoms with van der Waals surface area (Å²) in [5.41, 5.74) is 2.61. The van der Waals surface area contributed by atoms with Gasteiger partial charge in [-0.15, -0.1) is 0 Å². The van der Waals surface area contributed by atoms with E-state index < -0.39 is 0 Å². The maximum atomic E-state index is 12.9. The van der Waals surface area contributed by atoms with Crippen molar-refractivity contribution >= 4 is 23.6 Å². The zero-order valence-electron chi connectivity index (χ0n) is 19.7. The second-order valence-corrected chi connectivity index (χ2v) is 8.34. The van der Waals surface area contributed by atoms with E-state index in [9.17, 15) is 9.59 Å². The van der Waals surface area contributed by atoms with E-state index in [1.54, 1.807) is 48.7 Å². The molecular weight excluding hydrogens is 442 g/mol. The maximum absolute atomic E-state index is 12.9. The summed E-state index contributed by atoms with van der Waals surface area (Å²) in [7, 11) is 1.58. The van der Waals surface area contributed by atoms with Crippen LogP contribution in [0.5, 0.6) is 11.5 Å². The highest BCUT2D eigenvalue weighted by atomic mass is 16.5. The number of anilines is 1. The molecule has 4 rings (SSSR count). The summed E-state index contributed by atoms with van der Waals surface area (Å²) in [4.78, 5) is 31.2. The standard InChI is InChI=1S/C28H29N3O4/c1-34-25-9-8-24(19-26(25)35-20-22-11-15-29-16-12-22)30-28(33)23-13-17-31(18-14-23)27(32)10-7-21-5-3-2-4-6-21/h2-12,15-16,19,23H,13-14,17-18,20H2,1H3,(H,30,33). The lowest BCUT2D eigenvalue weighted by molar-refractivity contribution is -0.130. The average Bonchev–Trinajstić information content (AvgIpc) is 2.92. The molecule has 0 unspecified atom stereocenters. The number of hydrogen-bond donors (Lipinski definition) is 1. The van der Waals surface area contributed by atoms with Gasteiger partial charge in [0.15, 0.2) is 11.5 Å². The van der Waals surface area contributed by atoms with E-state index in [0.29, 0.717) is 49.7 Å². The Morgan fingerprint density at radius 3 is 2.49 bits per heavy atom. The first-order valence-electron chi connectivity index (χ1n) is 11.6. The molecule has 7 heteroatoms. The van der Waals surface area contributed by atoms with Crippen molar-refractivity contribution in [1.82, 2.24) is 9.88 Å². The number of hydrogen-bond acceptors (Lipinski definition) is 5. The van der Waals surface area contributed by atoms with Crippen LogP contribution in [0, 0.1) is 5.92 Å². The first-order valence-corrected chi connectivity index (χ1v) is 11.6. The second-order valence-electron chi connectivity index (χ2n) is 8.34. The lowest BCUT2D eigenvalue weighted by Gasteiger charge is -2.30. The minimum Gasteiger partial charge on any atom is -0.493 e. The van der Waals surface area contributed by atoms with Crippen molar-refractivity contribution < 1.29 is 19.1 Å². The molecule has 1 fully saturated rings. The number of nitrogens with one attached hydrogen (secondary N) is 1. The van der Waals surface area contributed by atoms with E-state index >= 15 is 0 Å². The summed E-state index contributed by atoms with van der Waals surface area (Å²) in [6.45, 7) is 1.47. The molecule has 1 aliphatic heterocycles. The van der Waals surface area contributed by atoms with E-state index in [0.717, 1.165) is 11.1 Å². The van der Waals surface area contributed by atoms with Gasteiger partial charge in [0.2, 0.25) is 11.8 Å². The first-order chi connectivity index (χ1) is 17.1. The maximum Gasteiger partial charge on any atom is 0.246 e. The van der Waals surface area contributed by atoms with Gasteiger partial charge in [0.1, 0.15) is 6.61 Å². The Bertz CT molecular complexity index is 1160. The number of nitrogens with zero attached hydrogens (tertiary/aromatic N) is 2. The summed E-state index contributed by atoms with van der Waals surface area (Å²) in [5, 5.41) is 2.99. The molecule has 1 saturated heterocycles. The molecule has 0 radical (unpaired) electrons. The zero-order chi connectivity index (χ0) is 24.5. The van der Waals surface area contributed by atoms with Gasteiger partial charge in [-0.1, -0.05) is 30.3 Å². The number of methoxy groups -OCH3 is 1. The predicted molar refractivity (Wildman–Crippen MR) is 135 cm³/mol. The van der Waals surface area contributed by atoms with Crippen molar-refractivity contribution in [1.29, 1.82) is 0 Å². The van der Waals surface area contributed by atoms with Crippen molar-refractivity contribution in [3.8, 4) is 11.5 Å². The van der Waals surface area contributed by atoms with Crippen LogP contribution < -0.4 is 14.8 Å². The number of piperidine rings is 1. The summed E-state index contributed by atoms with van der Waals surface area (Å²) in [5.74, 6) is 0.904. The van der Waals surface area contributed by atoms with Gasteiger partial charge in [-0.25, -0.2) is 0 Å². The van der Waals surface area contributed by atoms with E-state index in [1.807, 2.05) is 48.5 Å². The first kappa shape index (κ1) is 24.0. The third-order valence-corrected chi connectivity index (χ3v) is 5.97. The van der Waals surface area contributed by atoms with Crippen LogP contribution in [0.25, 0.3) is 6.08 Å². The molecule has 3 aromatic rings. The highest BCUT2D eigenvalue weighted by Crippen LogP contribution is 2.31. The molecule has 1 aliphatic rings. The summed E-state index contributed by atoms with van der Waals surface area (Å²) in [6, 6.07) is 18.8. The van der Waals surface area contributed by atoms with Crippen molar-refractivity contribution in [2.24, 2.45) is 5.92 Å². The fourth-order valence-electron chi connectivity index (χ4n) is 3.95. The van der Waals surface area contributed by atoms with Gasteiger partial charge in [0, 0.05) is 49.2 Å². The monoisotopic (exact) mass is 471 g/mol. The molecule has 0 saturated carbocycles. The molecule has 35 heavy (non-hydrogen) atoms. The van der Waals surface area contributed by atoms with Gasteiger partial charge in [0.05, 0.1) is 7.11 Å². The van der Waals surface area contributed by atoms with Crippen molar-refractivity contribution in [3.05, 3.63) is 90.3 Å². The van der Waals surface area contributed by atoms with Crippen molar-refractivity contribution in [2.75, 3.05) is 25.5 Å². The molecule has 180 valence electrons. The molecule has 0 aliphatic carbocycles. The van der Waals surface area contributed by atoms with Gasteiger partial charge in [-0.3, -0.25) is 14.6 Å².